The number of benzene rings is 1. The van der Waals surface area contributed by atoms with Crippen molar-refractivity contribution in [1.82, 2.24) is 15.0 Å². The predicted molar refractivity (Wildman–Crippen MR) is 89.8 cm³/mol. The maximum Gasteiger partial charge on any atom is 0.337 e. The van der Waals surface area contributed by atoms with Gasteiger partial charge in [0.15, 0.2) is 5.65 Å². The van der Waals surface area contributed by atoms with Crippen molar-refractivity contribution in [2.24, 2.45) is 0 Å². The fourth-order valence-corrected chi connectivity index (χ4v) is 2.43. The molecule has 0 unspecified atom stereocenters. The van der Waals surface area contributed by atoms with E-state index in [1.807, 2.05) is 12.1 Å². The van der Waals surface area contributed by atoms with Crippen LogP contribution in [0.25, 0.3) is 11.0 Å². The van der Waals surface area contributed by atoms with Crippen LogP contribution < -0.4 is 11.3 Å². The molecule has 0 aliphatic rings. The Morgan fingerprint density at radius 1 is 1.21 bits per heavy atom. The number of rotatable bonds is 4. The number of hydrogen-bond donors (Lipinski definition) is 2. The number of nitrogens with one attached hydrogen (secondary N) is 1. The number of aryl methyl sites for hydroxylation is 2. The number of nitrogen functional groups attached to an aromatic ring is 1. The SMILES string of the molecule is COC(=O)c1ccc(CCc2cnc3nc(N)[nH]c(=O)c3c2)cc1. The molecule has 24 heavy (non-hydrogen) atoms. The fourth-order valence-electron chi connectivity index (χ4n) is 2.43. The lowest BCUT2D eigenvalue weighted by molar-refractivity contribution is 0.0600. The highest BCUT2D eigenvalue weighted by Gasteiger charge is 2.07. The molecule has 2 heterocycles. The average molecular weight is 324 g/mol. The van der Waals surface area contributed by atoms with E-state index in [4.69, 9.17) is 5.73 Å². The van der Waals surface area contributed by atoms with Gasteiger partial charge in [0, 0.05) is 6.20 Å². The van der Waals surface area contributed by atoms with Crippen molar-refractivity contribution >= 4 is 23.0 Å². The van der Waals surface area contributed by atoms with E-state index in [-0.39, 0.29) is 17.5 Å². The van der Waals surface area contributed by atoms with E-state index in [1.54, 1.807) is 24.4 Å². The van der Waals surface area contributed by atoms with E-state index in [1.165, 1.54) is 7.11 Å². The standard InChI is InChI=1S/C17H16N4O3/c1-24-16(23)12-6-4-10(5-7-12)2-3-11-8-13-14(19-9-11)20-17(18)21-15(13)22/h4-9H,2-3H2,1H3,(H3,18,19,20,21,22). The number of anilines is 1. The minimum absolute atomic E-state index is 0.0541. The molecular formula is C17H16N4O3. The van der Waals surface area contributed by atoms with Crippen molar-refractivity contribution in [2.45, 2.75) is 12.8 Å². The number of aromatic amines is 1. The summed E-state index contributed by atoms with van der Waals surface area (Å²) < 4.78 is 4.67. The van der Waals surface area contributed by atoms with E-state index >= 15 is 0 Å². The number of H-pyrrole nitrogens is 1. The molecule has 0 fully saturated rings. The summed E-state index contributed by atoms with van der Waals surface area (Å²) in [6.07, 6.45) is 3.16. The second-order valence-electron chi connectivity index (χ2n) is 5.35. The van der Waals surface area contributed by atoms with E-state index in [0.29, 0.717) is 23.0 Å². The summed E-state index contributed by atoms with van der Waals surface area (Å²) in [6, 6.07) is 9.01. The number of hydrogen-bond acceptors (Lipinski definition) is 6. The lowest BCUT2D eigenvalue weighted by atomic mass is 10.0. The zero-order valence-corrected chi connectivity index (χ0v) is 13.1. The summed E-state index contributed by atoms with van der Waals surface area (Å²) in [5, 5.41) is 0.419. The van der Waals surface area contributed by atoms with Crippen LogP contribution >= 0.6 is 0 Å². The number of ether oxygens (including phenoxy) is 1. The molecule has 3 rings (SSSR count). The van der Waals surface area contributed by atoms with Crippen molar-refractivity contribution in [3.63, 3.8) is 0 Å². The van der Waals surface area contributed by atoms with Gasteiger partial charge in [-0.15, -0.1) is 0 Å². The van der Waals surface area contributed by atoms with E-state index < -0.39 is 0 Å². The van der Waals surface area contributed by atoms with Crippen LogP contribution in [0, 0.1) is 0 Å². The number of nitrogens with two attached hydrogens (primary N) is 1. The Morgan fingerprint density at radius 3 is 2.62 bits per heavy atom. The Hall–Kier alpha value is -3.22. The number of carbonyl (C=O) groups excluding carboxylic acids is 1. The molecule has 2 aromatic heterocycles. The van der Waals surface area contributed by atoms with Gasteiger partial charge in [-0.1, -0.05) is 12.1 Å². The molecule has 0 atom stereocenters. The molecule has 0 bridgehead atoms. The first-order chi connectivity index (χ1) is 11.6. The molecule has 0 aliphatic carbocycles. The first-order valence-corrected chi connectivity index (χ1v) is 7.38. The van der Waals surface area contributed by atoms with Gasteiger partial charge < -0.3 is 10.5 Å². The Kier molecular flexibility index (Phi) is 4.24. The van der Waals surface area contributed by atoms with Crippen molar-refractivity contribution in [3.05, 3.63) is 63.6 Å². The Morgan fingerprint density at radius 2 is 1.92 bits per heavy atom. The molecule has 0 radical (unpaired) electrons. The summed E-state index contributed by atoms with van der Waals surface area (Å²) in [4.78, 5) is 34.0. The monoisotopic (exact) mass is 324 g/mol. The maximum absolute atomic E-state index is 11.9. The second-order valence-corrected chi connectivity index (χ2v) is 5.35. The highest BCUT2D eigenvalue weighted by atomic mass is 16.5. The van der Waals surface area contributed by atoms with Crippen LogP contribution in [0.4, 0.5) is 5.95 Å². The van der Waals surface area contributed by atoms with Gasteiger partial charge in [0.2, 0.25) is 5.95 Å². The lowest BCUT2D eigenvalue weighted by Gasteiger charge is -2.05. The van der Waals surface area contributed by atoms with E-state index in [0.717, 1.165) is 17.5 Å². The van der Waals surface area contributed by atoms with Crippen molar-refractivity contribution < 1.29 is 9.53 Å². The number of esters is 1. The number of aromatic nitrogens is 3. The van der Waals surface area contributed by atoms with Crippen LogP contribution in [0.15, 0.2) is 41.3 Å². The maximum atomic E-state index is 11.9. The van der Waals surface area contributed by atoms with Crippen LogP contribution in [0.1, 0.15) is 21.5 Å². The molecule has 7 heteroatoms. The zero-order chi connectivity index (χ0) is 17.1. The number of carbonyl (C=O) groups is 1. The lowest BCUT2D eigenvalue weighted by Crippen LogP contribution is -2.12. The number of methoxy groups -OCH3 is 1. The largest absolute Gasteiger partial charge is 0.465 e. The Balaban J connectivity index is 1.76. The van der Waals surface area contributed by atoms with Gasteiger partial charge >= 0.3 is 5.97 Å². The predicted octanol–water partition coefficient (Wildman–Crippen LogP) is 1.47. The van der Waals surface area contributed by atoms with Crippen LogP contribution in [0.3, 0.4) is 0 Å². The third-order valence-corrected chi connectivity index (χ3v) is 3.71. The van der Waals surface area contributed by atoms with Gasteiger partial charge in [-0.2, -0.15) is 4.98 Å². The normalized spacial score (nSPS) is 10.7. The molecule has 0 amide bonds. The van der Waals surface area contributed by atoms with Crippen LogP contribution in [-0.2, 0) is 17.6 Å². The topological polar surface area (TPSA) is 111 Å². The zero-order valence-electron chi connectivity index (χ0n) is 13.1. The van der Waals surface area contributed by atoms with Gasteiger partial charge in [0.25, 0.3) is 5.56 Å². The Bertz CT molecular complexity index is 948. The summed E-state index contributed by atoms with van der Waals surface area (Å²) >= 11 is 0. The summed E-state index contributed by atoms with van der Waals surface area (Å²) in [6.45, 7) is 0. The molecule has 0 aliphatic heterocycles. The molecular weight excluding hydrogens is 308 g/mol. The molecule has 0 spiro atoms. The minimum atomic E-state index is -0.355. The number of fused-ring (bicyclic) bond motifs is 1. The summed E-state index contributed by atoms with van der Waals surface area (Å²) in [7, 11) is 1.35. The summed E-state index contributed by atoms with van der Waals surface area (Å²) in [5.41, 5.74) is 8.06. The fraction of sp³-hybridized carbons (Fsp3) is 0.176. The van der Waals surface area contributed by atoms with E-state index in [9.17, 15) is 9.59 Å². The molecule has 0 saturated heterocycles. The molecule has 1 aromatic carbocycles. The quantitative estimate of drug-likeness (QED) is 0.703. The van der Waals surface area contributed by atoms with Gasteiger partial charge in [-0.3, -0.25) is 9.78 Å². The summed E-state index contributed by atoms with van der Waals surface area (Å²) in [5.74, 6) is -0.301. The average Bonchev–Trinajstić information content (AvgIpc) is 2.60. The third-order valence-electron chi connectivity index (χ3n) is 3.71. The first-order valence-electron chi connectivity index (χ1n) is 7.38. The van der Waals surface area contributed by atoms with Gasteiger partial charge in [0.1, 0.15) is 0 Å². The highest BCUT2D eigenvalue weighted by molar-refractivity contribution is 5.89. The highest BCUT2D eigenvalue weighted by Crippen LogP contribution is 2.12. The van der Waals surface area contributed by atoms with Gasteiger partial charge in [-0.25, -0.2) is 9.78 Å². The molecule has 7 nitrogen and oxygen atoms in total. The Labute approximate surface area is 137 Å². The third kappa shape index (κ3) is 3.24. The van der Waals surface area contributed by atoms with Gasteiger partial charge in [0.05, 0.1) is 18.1 Å². The molecule has 3 aromatic rings. The number of nitrogens with zero attached hydrogens (tertiary/aromatic N) is 2. The molecule has 3 N–H and O–H groups in total. The van der Waals surface area contributed by atoms with Crippen molar-refractivity contribution in [1.29, 1.82) is 0 Å². The van der Waals surface area contributed by atoms with Crippen LogP contribution in [0.5, 0.6) is 0 Å². The minimum Gasteiger partial charge on any atom is -0.465 e. The molecule has 0 saturated carbocycles. The van der Waals surface area contributed by atoms with Crippen molar-refractivity contribution in [3.8, 4) is 0 Å². The number of pyridine rings is 1. The van der Waals surface area contributed by atoms with Crippen LogP contribution in [-0.4, -0.2) is 28.0 Å². The smallest absolute Gasteiger partial charge is 0.337 e. The van der Waals surface area contributed by atoms with Gasteiger partial charge in [-0.05, 0) is 42.2 Å². The van der Waals surface area contributed by atoms with Crippen molar-refractivity contribution in [2.75, 3.05) is 12.8 Å². The first kappa shape index (κ1) is 15.7. The van der Waals surface area contributed by atoms with Crippen LogP contribution in [0.2, 0.25) is 0 Å². The van der Waals surface area contributed by atoms with E-state index in [2.05, 4.69) is 19.7 Å². The second kappa shape index (κ2) is 6.49. The molecule has 122 valence electrons.